The second-order valence-corrected chi connectivity index (χ2v) is 4.30. The maximum Gasteiger partial charge on any atom is 0.150 e. The number of fused-ring (bicyclic) bond motifs is 1. The van der Waals surface area contributed by atoms with E-state index in [1.165, 1.54) is 11.1 Å². The van der Waals surface area contributed by atoms with E-state index in [9.17, 15) is 4.79 Å². The summed E-state index contributed by atoms with van der Waals surface area (Å²) in [5.41, 5.74) is 2.13. The molecule has 1 aliphatic rings. The third-order valence-corrected chi connectivity index (χ3v) is 3.11. The van der Waals surface area contributed by atoms with Crippen LogP contribution in [0, 0.1) is 0 Å². The second-order valence-electron chi connectivity index (χ2n) is 4.30. The zero-order chi connectivity index (χ0) is 9.64. The molecule has 0 spiro atoms. The van der Waals surface area contributed by atoms with Crippen molar-refractivity contribution in [2.75, 3.05) is 0 Å². The molecule has 1 aliphatic carbocycles. The van der Waals surface area contributed by atoms with Gasteiger partial charge in [0.2, 0.25) is 0 Å². The van der Waals surface area contributed by atoms with E-state index in [4.69, 9.17) is 0 Å². The van der Waals surface area contributed by atoms with Gasteiger partial charge in [0.25, 0.3) is 0 Å². The summed E-state index contributed by atoms with van der Waals surface area (Å²) in [4.78, 5) is 11.9. The van der Waals surface area contributed by atoms with Gasteiger partial charge in [-0.15, -0.1) is 0 Å². The normalized spacial score (nSPS) is 24.5. The van der Waals surface area contributed by atoms with Crippen molar-refractivity contribution in [1.82, 2.24) is 0 Å². The van der Waals surface area contributed by atoms with E-state index in [1.54, 1.807) is 0 Å². The lowest BCUT2D eigenvalue weighted by atomic mass is 9.85. The lowest BCUT2D eigenvalue weighted by Crippen LogP contribution is -2.24. The Bertz CT molecular complexity index is 363. The van der Waals surface area contributed by atoms with Gasteiger partial charge in [-0.05, 0) is 25.0 Å². The van der Waals surface area contributed by atoms with Gasteiger partial charge >= 0.3 is 0 Å². The monoisotopic (exact) mass is 174 g/mol. The first-order valence-electron chi connectivity index (χ1n) is 4.69. The molecule has 1 aromatic carbocycles. The van der Waals surface area contributed by atoms with Crippen LogP contribution in [0.2, 0.25) is 0 Å². The molecule has 68 valence electrons. The van der Waals surface area contributed by atoms with E-state index in [1.807, 2.05) is 32.9 Å². The molecule has 0 aliphatic heterocycles. The summed E-state index contributed by atoms with van der Waals surface area (Å²) in [5.74, 6) is 0.417. The molecule has 1 atom stereocenters. The Morgan fingerprint density at radius 2 is 1.85 bits per heavy atom. The van der Waals surface area contributed by atoms with Crippen molar-refractivity contribution in [2.24, 2.45) is 0 Å². The summed E-state index contributed by atoms with van der Waals surface area (Å²) in [6.07, 6.45) is 0. The number of Topliss-reactive ketones (excluding diaryl/α,β-unsaturated/α-hetero) is 1. The van der Waals surface area contributed by atoms with Crippen molar-refractivity contribution < 1.29 is 4.79 Å². The number of carbonyl (C=O) groups is 1. The van der Waals surface area contributed by atoms with Crippen molar-refractivity contribution >= 4 is 5.78 Å². The molecule has 1 unspecified atom stereocenters. The van der Waals surface area contributed by atoms with E-state index in [2.05, 4.69) is 12.1 Å². The van der Waals surface area contributed by atoms with Gasteiger partial charge < -0.3 is 0 Å². The first kappa shape index (κ1) is 8.49. The first-order valence-corrected chi connectivity index (χ1v) is 4.69. The summed E-state index contributed by atoms with van der Waals surface area (Å²) in [5, 5.41) is 0. The SMILES string of the molecule is CC1C(=O)C(C)(C)c2ccccc21. The van der Waals surface area contributed by atoms with E-state index >= 15 is 0 Å². The van der Waals surface area contributed by atoms with E-state index in [-0.39, 0.29) is 11.3 Å². The molecular weight excluding hydrogens is 160 g/mol. The zero-order valence-electron chi connectivity index (χ0n) is 8.29. The minimum absolute atomic E-state index is 0.0752. The Labute approximate surface area is 78.8 Å². The molecule has 1 aromatic rings. The van der Waals surface area contributed by atoms with Gasteiger partial charge in [0.1, 0.15) is 5.78 Å². The summed E-state index contributed by atoms with van der Waals surface area (Å²) < 4.78 is 0. The smallest absolute Gasteiger partial charge is 0.150 e. The van der Waals surface area contributed by atoms with Crippen LogP contribution in [0.4, 0.5) is 0 Å². The van der Waals surface area contributed by atoms with Gasteiger partial charge in [0.15, 0.2) is 0 Å². The van der Waals surface area contributed by atoms with Crippen molar-refractivity contribution in [2.45, 2.75) is 32.1 Å². The molecule has 0 N–H and O–H groups in total. The van der Waals surface area contributed by atoms with Crippen LogP contribution in [0.15, 0.2) is 24.3 Å². The lowest BCUT2D eigenvalue weighted by Gasteiger charge is -2.16. The molecule has 1 heteroatoms. The van der Waals surface area contributed by atoms with Crippen molar-refractivity contribution in [3.63, 3.8) is 0 Å². The Kier molecular flexibility index (Phi) is 1.59. The van der Waals surface area contributed by atoms with Gasteiger partial charge in [-0.3, -0.25) is 4.79 Å². The quantitative estimate of drug-likeness (QED) is 0.591. The van der Waals surface area contributed by atoms with Crippen LogP contribution in [0.25, 0.3) is 0 Å². The second kappa shape index (κ2) is 2.44. The fraction of sp³-hybridized carbons (Fsp3) is 0.417. The van der Waals surface area contributed by atoms with Crippen molar-refractivity contribution in [3.8, 4) is 0 Å². The molecule has 1 nitrogen and oxygen atoms in total. The topological polar surface area (TPSA) is 17.1 Å². The van der Waals surface area contributed by atoms with Crippen LogP contribution in [0.3, 0.4) is 0 Å². The fourth-order valence-electron chi connectivity index (χ4n) is 2.26. The van der Waals surface area contributed by atoms with Crippen LogP contribution in [-0.4, -0.2) is 5.78 Å². The van der Waals surface area contributed by atoms with Crippen molar-refractivity contribution in [3.05, 3.63) is 35.4 Å². The predicted molar refractivity (Wildman–Crippen MR) is 52.9 cm³/mol. The average Bonchev–Trinajstić information content (AvgIpc) is 2.30. The minimum Gasteiger partial charge on any atom is -0.298 e. The lowest BCUT2D eigenvalue weighted by molar-refractivity contribution is -0.123. The van der Waals surface area contributed by atoms with Crippen LogP contribution < -0.4 is 0 Å². The molecule has 0 aromatic heterocycles. The van der Waals surface area contributed by atoms with E-state index in [0.717, 1.165) is 0 Å². The Hall–Kier alpha value is -1.11. The third-order valence-electron chi connectivity index (χ3n) is 3.11. The summed E-state index contributed by atoms with van der Waals surface area (Å²) in [6.45, 7) is 6.02. The number of hydrogen-bond donors (Lipinski definition) is 0. The van der Waals surface area contributed by atoms with Gasteiger partial charge in [0, 0.05) is 11.3 Å². The summed E-state index contributed by atoms with van der Waals surface area (Å²) in [6, 6.07) is 8.14. The standard InChI is InChI=1S/C12H14O/c1-8-9-6-4-5-7-10(9)12(2,3)11(8)13/h4-8H,1-3H3. The molecule has 2 rings (SSSR count). The molecule has 0 heterocycles. The molecule has 0 saturated carbocycles. The van der Waals surface area contributed by atoms with Gasteiger partial charge in [-0.2, -0.15) is 0 Å². The molecule has 13 heavy (non-hydrogen) atoms. The molecule has 0 saturated heterocycles. The highest BCUT2D eigenvalue weighted by atomic mass is 16.1. The highest BCUT2D eigenvalue weighted by molar-refractivity contribution is 5.99. The van der Waals surface area contributed by atoms with Crippen LogP contribution in [-0.2, 0) is 10.2 Å². The van der Waals surface area contributed by atoms with E-state index < -0.39 is 0 Å². The van der Waals surface area contributed by atoms with Gasteiger partial charge in [0.05, 0.1) is 0 Å². The molecule has 0 amide bonds. The van der Waals surface area contributed by atoms with Crippen molar-refractivity contribution in [1.29, 1.82) is 0 Å². The Morgan fingerprint density at radius 1 is 1.23 bits per heavy atom. The maximum absolute atomic E-state index is 11.9. The average molecular weight is 174 g/mol. The Morgan fingerprint density at radius 3 is 2.46 bits per heavy atom. The van der Waals surface area contributed by atoms with Crippen LogP contribution in [0.1, 0.15) is 37.8 Å². The number of carbonyl (C=O) groups excluding carboxylic acids is 1. The summed E-state index contributed by atoms with van der Waals surface area (Å²) >= 11 is 0. The minimum atomic E-state index is -0.282. The molecular formula is C12H14O. The predicted octanol–water partition coefficient (Wildman–Crippen LogP) is 2.65. The molecule has 0 bridgehead atoms. The van der Waals surface area contributed by atoms with Gasteiger partial charge in [-0.1, -0.05) is 31.2 Å². The maximum atomic E-state index is 11.9. The van der Waals surface area contributed by atoms with Gasteiger partial charge in [-0.25, -0.2) is 0 Å². The van der Waals surface area contributed by atoms with E-state index in [0.29, 0.717) is 5.78 Å². The number of ketones is 1. The highest BCUT2D eigenvalue weighted by Gasteiger charge is 2.42. The number of rotatable bonds is 0. The van der Waals surface area contributed by atoms with Crippen LogP contribution in [0.5, 0.6) is 0 Å². The molecule has 0 fully saturated rings. The fourth-order valence-corrected chi connectivity index (χ4v) is 2.26. The largest absolute Gasteiger partial charge is 0.298 e. The number of hydrogen-bond acceptors (Lipinski definition) is 1. The highest BCUT2D eigenvalue weighted by Crippen LogP contribution is 2.42. The molecule has 0 radical (unpaired) electrons. The first-order chi connectivity index (χ1) is 6.05. The third kappa shape index (κ3) is 0.963. The number of benzene rings is 1. The Balaban J connectivity index is 2.68. The van der Waals surface area contributed by atoms with Crippen LogP contribution >= 0.6 is 0 Å². The summed E-state index contributed by atoms with van der Waals surface area (Å²) in [7, 11) is 0. The zero-order valence-corrected chi connectivity index (χ0v) is 8.29.